The zero-order chi connectivity index (χ0) is 20.7. The first kappa shape index (κ1) is 22.6. The lowest BCUT2D eigenvalue weighted by Crippen LogP contribution is -2.41. The number of hydrogen-bond donors (Lipinski definition) is 3. The molecule has 156 valence electrons. The number of amides is 2. The Hall–Kier alpha value is -1.65. The van der Waals surface area contributed by atoms with Crippen molar-refractivity contribution in [3.05, 3.63) is 29.3 Å². The van der Waals surface area contributed by atoms with E-state index in [1.165, 1.54) is 0 Å². The summed E-state index contributed by atoms with van der Waals surface area (Å²) >= 11 is 10.2. The van der Waals surface area contributed by atoms with Crippen LogP contribution in [0.15, 0.2) is 24.3 Å². The molecule has 2 rings (SSSR count). The topological polar surface area (TPSA) is 76.7 Å². The Labute approximate surface area is 170 Å². The number of thiol groups is 1. The third-order valence-corrected chi connectivity index (χ3v) is 4.75. The molecule has 2 amide bonds. The quantitative estimate of drug-likeness (QED) is 0.542. The van der Waals surface area contributed by atoms with E-state index in [2.05, 4.69) is 28.0 Å². The summed E-state index contributed by atoms with van der Waals surface area (Å²) in [6, 6.07) is 5.94. The van der Waals surface area contributed by atoms with Gasteiger partial charge < -0.3 is 20.1 Å². The summed E-state index contributed by atoms with van der Waals surface area (Å²) in [5.74, 6) is -0.496. The lowest BCUT2D eigenvalue weighted by atomic mass is 10.2. The lowest BCUT2D eigenvalue weighted by Gasteiger charge is -2.17. The second kappa shape index (κ2) is 10.2. The number of nitrogens with one attached hydrogen (secondary N) is 2. The highest BCUT2D eigenvalue weighted by Gasteiger charge is 2.34. The highest BCUT2D eigenvalue weighted by atomic mass is 35.5. The molecule has 0 aromatic heterocycles. The van der Waals surface area contributed by atoms with Gasteiger partial charge in [-0.15, -0.1) is 0 Å². The fourth-order valence-corrected chi connectivity index (χ4v) is 3.32. The average molecular weight is 441 g/mol. The largest absolute Gasteiger partial charge is 0.484 e. The van der Waals surface area contributed by atoms with Crippen molar-refractivity contribution < 1.29 is 32.2 Å². The van der Waals surface area contributed by atoms with Crippen molar-refractivity contribution in [3.8, 4) is 5.75 Å². The monoisotopic (exact) mass is 440 g/mol. The predicted molar refractivity (Wildman–Crippen MR) is 99.7 cm³/mol. The van der Waals surface area contributed by atoms with E-state index in [1.54, 1.807) is 24.3 Å². The van der Waals surface area contributed by atoms with Crippen LogP contribution in [0.25, 0.3) is 0 Å². The van der Waals surface area contributed by atoms with Gasteiger partial charge in [0.2, 0.25) is 5.91 Å². The van der Waals surface area contributed by atoms with Crippen LogP contribution in [-0.2, 0) is 14.3 Å². The van der Waals surface area contributed by atoms with Crippen molar-refractivity contribution in [1.29, 1.82) is 0 Å². The van der Waals surface area contributed by atoms with Crippen LogP contribution in [0, 0.1) is 0 Å². The van der Waals surface area contributed by atoms with Gasteiger partial charge in [0.05, 0.1) is 0 Å². The maximum atomic E-state index is 12.0. The van der Waals surface area contributed by atoms with E-state index in [-0.39, 0.29) is 29.8 Å². The number of carbonyl (C=O) groups is 2. The summed E-state index contributed by atoms with van der Waals surface area (Å²) in [7, 11) is 0. The summed E-state index contributed by atoms with van der Waals surface area (Å²) in [4.78, 5) is 23.7. The fourth-order valence-electron chi connectivity index (χ4n) is 2.75. The first-order chi connectivity index (χ1) is 13.1. The Morgan fingerprint density at radius 2 is 1.75 bits per heavy atom. The van der Waals surface area contributed by atoms with Crippen LogP contribution >= 0.6 is 24.2 Å². The summed E-state index contributed by atoms with van der Waals surface area (Å²) in [5, 5.41) is 5.71. The Balaban J connectivity index is 1.69. The number of rotatable bonds is 8. The van der Waals surface area contributed by atoms with E-state index in [9.17, 15) is 22.8 Å². The second-order valence-corrected chi connectivity index (χ2v) is 7.43. The molecule has 0 spiro atoms. The molecule has 2 N–H and O–H groups in total. The maximum Gasteiger partial charge on any atom is 0.411 e. The van der Waals surface area contributed by atoms with Crippen LogP contribution < -0.4 is 15.4 Å². The highest BCUT2D eigenvalue weighted by Crippen LogP contribution is 2.25. The minimum Gasteiger partial charge on any atom is -0.484 e. The van der Waals surface area contributed by atoms with Gasteiger partial charge in [0, 0.05) is 22.4 Å². The van der Waals surface area contributed by atoms with Gasteiger partial charge >= 0.3 is 6.18 Å². The molecule has 1 aliphatic carbocycles. The summed E-state index contributed by atoms with van der Waals surface area (Å²) in [5.41, 5.74) is 0. The lowest BCUT2D eigenvalue weighted by molar-refractivity contribution is -0.175. The zero-order valence-corrected chi connectivity index (χ0v) is 16.3. The molecule has 1 fully saturated rings. The molecule has 28 heavy (non-hydrogen) atoms. The van der Waals surface area contributed by atoms with Gasteiger partial charge in [-0.05, 0) is 37.1 Å². The minimum atomic E-state index is -4.48. The van der Waals surface area contributed by atoms with E-state index in [0.717, 1.165) is 0 Å². The molecule has 3 atom stereocenters. The molecule has 0 saturated heterocycles. The summed E-state index contributed by atoms with van der Waals surface area (Å²) < 4.78 is 45.7. The van der Waals surface area contributed by atoms with Gasteiger partial charge in [0.15, 0.2) is 6.61 Å². The SMILES string of the molecule is O=C(COCC(F)(F)F)N[C@H]1CC(S)[C@@H](NC(=O)COc2ccc(Cl)cc2)C1. The van der Waals surface area contributed by atoms with E-state index in [0.29, 0.717) is 23.6 Å². The number of benzene rings is 1. The first-order valence-corrected chi connectivity index (χ1v) is 9.31. The van der Waals surface area contributed by atoms with E-state index < -0.39 is 25.3 Å². The van der Waals surface area contributed by atoms with Crippen molar-refractivity contribution in [2.75, 3.05) is 19.8 Å². The molecule has 1 unspecified atom stereocenters. The van der Waals surface area contributed by atoms with Crippen LogP contribution in [0.2, 0.25) is 5.02 Å². The molecule has 0 aliphatic heterocycles. The van der Waals surface area contributed by atoms with Crippen molar-refractivity contribution in [3.63, 3.8) is 0 Å². The van der Waals surface area contributed by atoms with Crippen LogP contribution in [0.4, 0.5) is 13.2 Å². The van der Waals surface area contributed by atoms with Crippen molar-refractivity contribution >= 4 is 36.0 Å². The number of halogens is 4. The van der Waals surface area contributed by atoms with Gasteiger partial charge in [-0.3, -0.25) is 9.59 Å². The van der Waals surface area contributed by atoms with Crippen LogP contribution in [0.5, 0.6) is 5.75 Å². The maximum absolute atomic E-state index is 12.0. The summed E-state index contributed by atoms with van der Waals surface area (Å²) in [6.07, 6.45) is -3.60. The van der Waals surface area contributed by atoms with Crippen molar-refractivity contribution in [1.82, 2.24) is 10.6 Å². The van der Waals surface area contributed by atoms with Crippen molar-refractivity contribution in [2.24, 2.45) is 0 Å². The smallest absolute Gasteiger partial charge is 0.411 e. The second-order valence-electron chi connectivity index (χ2n) is 6.33. The average Bonchev–Trinajstić information content (AvgIpc) is 2.92. The third kappa shape index (κ3) is 8.15. The Bertz CT molecular complexity index is 675. The molecular weight excluding hydrogens is 421 g/mol. The molecule has 0 bridgehead atoms. The standard InChI is InChI=1S/C17H20ClF3N2O4S/c18-10-1-3-12(4-2-10)27-8-16(25)23-13-5-11(6-14(13)28)22-15(24)7-26-9-17(19,20)21/h1-4,11,13-14,28H,5-9H2,(H,22,24)(H,23,25)/t11-,13+,14?/m1/s1. The first-order valence-electron chi connectivity index (χ1n) is 8.42. The normalized spacial score (nSPS) is 22.0. The van der Waals surface area contributed by atoms with E-state index >= 15 is 0 Å². The molecular formula is C17H20ClF3N2O4S. The third-order valence-electron chi connectivity index (χ3n) is 3.92. The number of ether oxygens (including phenoxy) is 2. The highest BCUT2D eigenvalue weighted by molar-refractivity contribution is 7.81. The van der Waals surface area contributed by atoms with Crippen molar-refractivity contribution in [2.45, 2.75) is 36.4 Å². The van der Waals surface area contributed by atoms with Crippen LogP contribution in [0.1, 0.15) is 12.8 Å². The molecule has 11 heteroatoms. The molecule has 1 saturated carbocycles. The molecule has 6 nitrogen and oxygen atoms in total. The van der Waals surface area contributed by atoms with Gasteiger partial charge in [0.25, 0.3) is 5.91 Å². The summed E-state index contributed by atoms with van der Waals surface area (Å²) in [6.45, 7) is -2.35. The molecule has 1 aliphatic rings. The van der Waals surface area contributed by atoms with Crippen LogP contribution in [0.3, 0.4) is 0 Å². The number of carbonyl (C=O) groups excluding carboxylic acids is 2. The van der Waals surface area contributed by atoms with E-state index in [1.807, 2.05) is 0 Å². The van der Waals surface area contributed by atoms with Gasteiger partial charge in [-0.1, -0.05) is 11.6 Å². The number of hydrogen-bond acceptors (Lipinski definition) is 5. The van der Waals surface area contributed by atoms with Crippen LogP contribution in [-0.4, -0.2) is 55.1 Å². The fraction of sp³-hybridized carbons (Fsp3) is 0.529. The Morgan fingerprint density at radius 1 is 1.11 bits per heavy atom. The zero-order valence-electron chi connectivity index (χ0n) is 14.7. The molecule has 0 heterocycles. The van der Waals surface area contributed by atoms with Gasteiger partial charge in [-0.2, -0.15) is 25.8 Å². The van der Waals surface area contributed by atoms with Gasteiger partial charge in [-0.25, -0.2) is 0 Å². The molecule has 1 aromatic carbocycles. The predicted octanol–water partition coefficient (Wildman–Crippen LogP) is 2.36. The van der Waals surface area contributed by atoms with Gasteiger partial charge in [0.1, 0.15) is 19.0 Å². The minimum absolute atomic E-state index is 0.194. The van der Waals surface area contributed by atoms with E-state index in [4.69, 9.17) is 16.3 Å². The molecule has 1 aromatic rings. The molecule has 0 radical (unpaired) electrons. The number of alkyl halides is 3. The Kier molecular flexibility index (Phi) is 8.26. The Morgan fingerprint density at radius 3 is 2.39 bits per heavy atom.